The Labute approximate surface area is 163 Å². The van der Waals surface area contributed by atoms with Crippen molar-refractivity contribution in [3.05, 3.63) is 92.5 Å². The molecule has 7 heteroatoms. The number of halogens is 3. The minimum absolute atomic E-state index is 0.0284. The van der Waals surface area contributed by atoms with Gasteiger partial charge in [-0.15, -0.1) is 0 Å². The van der Waals surface area contributed by atoms with Gasteiger partial charge >= 0.3 is 0 Å². The van der Waals surface area contributed by atoms with Crippen LogP contribution in [0.3, 0.4) is 0 Å². The van der Waals surface area contributed by atoms with E-state index < -0.39 is 22.8 Å². The second-order valence-corrected chi connectivity index (χ2v) is 6.81. The fourth-order valence-electron chi connectivity index (χ4n) is 3.28. The highest BCUT2D eigenvalue weighted by Crippen LogP contribution is 2.35. The Morgan fingerprint density at radius 1 is 1.04 bits per heavy atom. The Morgan fingerprint density at radius 2 is 1.75 bits per heavy atom. The number of aryl methyl sites for hydroxylation is 1. The zero-order valence-electron chi connectivity index (χ0n) is 14.6. The summed E-state index contributed by atoms with van der Waals surface area (Å²) < 4.78 is 29.1. The zero-order valence-corrected chi connectivity index (χ0v) is 15.3. The minimum atomic E-state index is -0.906. The van der Waals surface area contributed by atoms with Crippen molar-refractivity contribution in [3.63, 3.8) is 0 Å². The average molecular weight is 399 g/mol. The Bertz CT molecular complexity index is 1280. The summed E-state index contributed by atoms with van der Waals surface area (Å²) >= 11 is 6.36. The first kappa shape index (κ1) is 18.1. The van der Waals surface area contributed by atoms with Crippen molar-refractivity contribution in [2.24, 2.45) is 0 Å². The molecular formula is C21H13ClF2N2O2. The summed E-state index contributed by atoms with van der Waals surface area (Å²) in [5.41, 5.74) is 0.661. The molecule has 0 radical (unpaired) electrons. The first-order valence-corrected chi connectivity index (χ1v) is 8.74. The van der Waals surface area contributed by atoms with Gasteiger partial charge in [-0.2, -0.15) is 4.73 Å². The van der Waals surface area contributed by atoms with Gasteiger partial charge in [0.1, 0.15) is 22.7 Å². The molecule has 0 amide bonds. The summed E-state index contributed by atoms with van der Waals surface area (Å²) in [6.07, 6.45) is 1.15. The highest BCUT2D eigenvalue weighted by Gasteiger charge is 2.24. The fourth-order valence-corrected chi connectivity index (χ4v) is 3.61. The van der Waals surface area contributed by atoms with Crippen LogP contribution in [0.25, 0.3) is 33.3 Å². The predicted molar refractivity (Wildman–Crippen MR) is 104 cm³/mol. The zero-order chi connectivity index (χ0) is 20.0. The van der Waals surface area contributed by atoms with Crippen LogP contribution < -0.4 is 10.3 Å². The normalized spacial score (nSPS) is 11.1. The SMILES string of the molecule is Cc1ccc(-c2cc(=O)[nH]c3c(-c4c(F)cccc4F)[n+]([O-])ccc23)c(Cl)c1. The van der Waals surface area contributed by atoms with Gasteiger partial charge in [-0.1, -0.05) is 29.8 Å². The summed E-state index contributed by atoms with van der Waals surface area (Å²) in [4.78, 5) is 14.9. The van der Waals surface area contributed by atoms with Crippen LogP contribution in [-0.4, -0.2) is 4.98 Å². The monoisotopic (exact) mass is 398 g/mol. The Morgan fingerprint density at radius 3 is 2.43 bits per heavy atom. The Hall–Kier alpha value is -3.25. The summed E-state index contributed by atoms with van der Waals surface area (Å²) in [7, 11) is 0. The Balaban J connectivity index is 2.14. The third-order valence-electron chi connectivity index (χ3n) is 4.53. The molecule has 0 saturated carbocycles. The number of nitrogens with one attached hydrogen (secondary N) is 1. The molecule has 0 aliphatic heterocycles. The molecule has 0 saturated heterocycles. The van der Waals surface area contributed by atoms with E-state index in [0.717, 1.165) is 23.9 Å². The van der Waals surface area contributed by atoms with Crippen molar-refractivity contribution < 1.29 is 13.5 Å². The number of pyridine rings is 2. The number of aromatic amines is 1. The van der Waals surface area contributed by atoms with E-state index in [4.69, 9.17) is 11.6 Å². The smallest absolute Gasteiger partial charge is 0.254 e. The van der Waals surface area contributed by atoms with Gasteiger partial charge in [-0.3, -0.25) is 4.79 Å². The summed E-state index contributed by atoms with van der Waals surface area (Å²) in [6.45, 7) is 1.88. The molecule has 0 aliphatic carbocycles. The van der Waals surface area contributed by atoms with Gasteiger partial charge in [0.2, 0.25) is 5.56 Å². The number of fused-ring (bicyclic) bond motifs is 1. The van der Waals surface area contributed by atoms with E-state index in [1.165, 1.54) is 18.2 Å². The molecule has 28 heavy (non-hydrogen) atoms. The Kier molecular flexibility index (Phi) is 4.35. The first-order chi connectivity index (χ1) is 13.4. The molecule has 4 aromatic rings. The average Bonchev–Trinajstić information content (AvgIpc) is 2.62. The maximum Gasteiger partial charge on any atom is 0.254 e. The molecule has 0 atom stereocenters. The molecule has 0 aliphatic rings. The van der Waals surface area contributed by atoms with Crippen molar-refractivity contribution in [3.8, 4) is 22.4 Å². The quantitative estimate of drug-likeness (QED) is 0.392. The van der Waals surface area contributed by atoms with Gasteiger partial charge in [0, 0.05) is 28.1 Å². The van der Waals surface area contributed by atoms with Gasteiger partial charge in [-0.25, -0.2) is 8.78 Å². The lowest BCUT2D eigenvalue weighted by Gasteiger charge is -2.13. The highest BCUT2D eigenvalue weighted by atomic mass is 35.5. The van der Waals surface area contributed by atoms with Gasteiger partial charge < -0.3 is 10.2 Å². The second-order valence-electron chi connectivity index (χ2n) is 6.41. The van der Waals surface area contributed by atoms with Crippen LogP contribution in [0.15, 0.2) is 59.5 Å². The molecule has 0 unspecified atom stereocenters. The van der Waals surface area contributed by atoms with E-state index in [0.29, 0.717) is 26.3 Å². The number of benzene rings is 2. The lowest BCUT2D eigenvalue weighted by Crippen LogP contribution is -2.30. The van der Waals surface area contributed by atoms with E-state index in [-0.39, 0.29) is 11.2 Å². The van der Waals surface area contributed by atoms with Gasteiger partial charge in [0.05, 0.1) is 0 Å². The van der Waals surface area contributed by atoms with E-state index >= 15 is 0 Å². The van der Waals surface area contributed by atoms with Crippen molar-refractivity contribution in [1.29, 1.82) is 0 Å². The summed E-state index contributed by atoms with van der Waals surface area (Å²) in [5.74, 6) is -1.81. The largest absolute Gasteiger partial charge is 0.618 e. The molecule has 0 bridgehead atoms. The highest BCUT2D eigenvalue weighted by molar-refractivity contribution is 6.33. The third-order valence-corrected chi connectivity index (χ3v) is 4.84. The van der Waals surface area contributed by atoms with Gasteiger partial charge in [0.15, 0.2) is 6.20 Å². The van der Waals surface area contributed by atoms with Crippen LogP contribution >= 0.6 is 11.6 Å². The van der Waals surface area contributed by atoms with Crippen molar-refractivity contribution in [2.75, 3.05) is 0 Å². The topological polar surface area (TPSA) is 59.8 Å². The molecule has 0 fully saturated rings. The molecule has 1 N–H and O–H groups in total. The standard InChI is InChI=1S/C21H13ClF2N2O2/c1-11-5-6-12(15(22)9-11)14-10-18(27)25-20-13(14)7-8-26(28)21(20)19-16(23)3-2-4-17(19)24/h2-10H,1H3,(H,25,27). The lowest BCUT2D eigenvalue weighted by atomic mass is 9.98. The van der Waals surface area contributed by atoms with Gasteiger partial charge in [-0.05, 0) is 36.2 Å². The van der Waals surface area contributed by atoms with E-state index in [9.17, 15) is 18.8 Å². The molecule has 140 valence electrons. The second kappa shape index (κ2) is 6.73. The molecule has 0 spiro atoms. The predicted octanol–water partition coefficient (Wildman–Crippen LogP) is 4.74. The fraction of sp³-hybridized carbons (Fsp3) is 0.0476. The molecule has 2 heterocycles. The first-order valence-electron chi connectivity index (χ1n) is 8.37. The maximum atomic E-state index is 14.4. The molecule has 2 aromatic heterocycles. The van der Waals surface area contributed by atoms with Crippen molar-refractivity contribution in [1.82, 2.24) is 4.98 Å². The van der Waals surface area contributed by atoms with E-state index in [1.54, 1.807) is 12.1 Å². The third kappa shape index (κ3) is 2.92. The molecule has 2 aromatic carbocycles. The number of hydrogen-bond donors (Lipinski definition) is 1. The van der Waals surface area contributed by atoms with Crippen LogP contribution in [0.1, 0.15) is 5.56 Å². The molecule has 4 nitrogen and oxygen atoms in total. The maximum absolute atomic E-state index is 14.4. The summed E-state index contributed by atoms with van der Waals surface area (Å²) in [6, 6.07) is 11.5. The van der Waals surface area contributed by atoms with Crippen molar-refractivity contribution in [2.45, 2.75) is 6.92 Å². The van der Waals surface area contributed by atoms with Crippen LogP contribution in [0.5, 0.6) is 0 Å². The molecule has 4 rings (SSSR count). The van der Waals surface area contributed by atoms with Crippen molar-refractivity contribution >= 4 is 22.5 Å². The van der Waals surface area contributed by atoms with Crippen LogP contribution in [-0.2, 0) is 0 Å². The van der Waals surface area contributed by atoms with Crippen LogP contribution in [0.4, 0.5) is 8.78 Å². The van der Waals surface area contributed by atoms with Crippen LogP contribution in [0, 0.1) is 23.8 Å². The van der Waals surface area contributed by atoms with Crippen LogP contribution in [0.2, 0.25) is 5.02 Å². The lowest BCUT2D eigenvalue weighted by molar-refractivity contribution is -0.592. The number of hydrogen-bond acceptors (Lipinski definition) is 2. The number of aromatic nitrogens is 2. The molecular weight excluding hydrogens is 386 g/mol. The minimum Gasteiger partial charge on any atom is -0.618 e. The number of H-pyrrole nitrogens is 1. The summed E-state index contributed by atoms with van der Waals surface area (Å²) in [5, 5.41) is 13.3. The van der Waals surface area contributed by atoms with E-state index in [1.807, 2.05) is 13.0 Å². The number of nitrogens with zero attached hydrogens (tertiary/aromatic N) is 1. The van der Waals surface area contributed by atoms with E-state index in [2.05, 4.69) is 4.98 Å². The van der Waals surface area contributed by atoms with Gasteiger partial charge in [0.25, 0.3) is 5.69 Å². The number of rotatable bonds is 2.